The SMILES string of the molecule is CC.Cc1ccc2c(c1)CCC1C2CC[C@]2(C)OC(=O)CCC12. The molecule has 1 saturated carbocycles. The summed E-state index contributed by atoms with van der Waals surface area (Å²) in [5.74, 6) is 1.96. The van der Waals surface area contributed by atoms with Crippen LogP contribution in [0.4, 0.5) is 0 Å². The van der Waals surface area contributed by atoms with Crippen LogP contribution in [0.1, 0.15) is 75.5 Å². The van der Waals surface area contributed by atoms with Crippen molar-refractivity contribution in [1.82, 2.24) is 0 Å². The summed E-state index contributed by atoms with van der Waals surface area (Å²) in [6.45, 7) is 8.36. The smallest absolute Gasteiger partial charge is 0.306 e. The van der Waals surface area contributed by atoms with E-state index in [1.807, 2.05) is 13.8 Å². The standard InChI is InChI=1S/C19H24O2.C2H6/c1-12-3-5-14-13(11-12)4-6-16-15(14)9-10-19(2)17(16)7-8-18(20)21-19;1-2/h3,5,11,15-17H,4,6-10H2,1-2H3;1-2H3/t15?,16?,17?,19-;/m0./s1. The number of benzene rings is 1. The minimum Gasteiger partial charge on any atom is -0.459 e. The van der Waals surface area contributed by atoms with Crippen LogP contribution >= 0.6 is 0 Å². The Hall–Kier alpha value is -1.31. The van der Waals surface area contributed by atoms with E-state index >= 15 is 0 Å². The van der Waals surface area contributed by atoms with Crippen molar-refractivity contribution < 1.29 is 9.53 Å². The Morgan fingerprint density at radius 3 is 2.70 bits per heavy atom. The molecule has 3 unspecified atom stereocenters. The van der Waals surface area contributed by atoms with Crippen molar-refractivity contribution in [2.24, 2.45) is 11.8 Å². The third-order valence-corrected chi connectivity index (χ3v) is 6.22. The zero-order valence-corrected chi connectivity index (χ0v) is 15.0. The van der Waals surface area contributed by atoms with Gasteiger partial charge in [0.2, 0.25) is 0 Å². The zero-order chi connectivity index (χ0) is 16.6. The summed E-state index contributed by atoms with van der Waals surface area (Å²) in [6, 6.07) is 7.00. The van der Waals surface area contributed by atoms with Gasteiger partial charge in [-0.2, -0.15) is 0 Å². The van der Waals surface area contributed by atoms with Crippen LogP contribution in [0.3, 0.4) is 0 Å². The summed E-state index contributed by atoms with van der Waals surface area (Å²) in [7, 11) is 0. The van der Waals surface area contributed by atoms with Gasteiger partial charge in [-0.05, 0) is 68.9 Å². The van der Waals surface area contributed by atoms with E-state index < -0.39 is 0 Å². The molecule has 2 heteroatoms. The molecule has 0 bridgehead atoms. The summed E-state index contributed by atoms with van der Waals surface area (Å²) >= 11 is 0. The lowest BCUT2D eigenvalue weighted by Gasteiger charge is -2.53. The highest BCUT2D eigenvalue weighted by molar-refractivity contribution is 5.71. The first-order valence-corrected chi connectivity index (χ1v) is 9.38. The molecule has 2 fully saturated rings. The Labute approximate surface area is 140 Å². The molecule has 0 spiro atoms. The van der Waals surface area contributed by atoms with Crippen molar-refractivity contribution in [2.75, 3.05) is 0 Å². The van der Waals surface area contributed by atoms with E-state index in [-0.39, 0.29) is 11.6 Å². The molecule has 0 N–H and O–H groups in total. The first kappa shape index (κ1) is 16.5. The second-order valence-corrected chi connectivity index (χ2v) is 7.48. The minimum absolute atomic E-state index is 0.0130. The number of fused-ring (bicyclic) bond motifs is 5. The van der Waals surface area contributed by atoms with Crippen LogP contribution in [0.5, 0.6) is 0 Å². The third-order valence-electron chi connectivity index (χ3n) is 6.22. The van der Waals surface area contributed by atoms with Gasteiger partial charge < -0.3 is 4.74 Å². The average molecular weight is 314 g/mol. The monoisotopic (exact) mass is 314 g/mol. The van der Waals surface area contributed by atoms with Gasteiger partial charge in [0.1, 0.15) is 5.60 Å². The molecule has 1 aromatic rings. The van der Waals surface area contributed by atoms with E-state index in [0.717, 1.165) is 12.8 Å². The van der Waals surface area contributed by atoms with E-state index in [1.54, 1.807) is 11.1 Å². The summed E-state index contributed by atoms with van der Waals surface area (Å²) in [5.41, 5.74) is 4.32. The average Bonchev–Trinajstić information content (AvgIpc) is 2.55. The summed E-state index contributed by atoms with van der Waals surface area (Å²) in [6.07, 6.45) is 6.29. The van der Waals surface area contributed by atoms with Crippen LogP contribution < -0.4 is 0 Å². The van der Waals surface area contributed by atoms with E-state index in [4.69, 9.17) is 4.74 Å². The quantitative estimate of drug-likeness (QED) is 0.617. The maximum absolute atomic E-state index is 11.7. The molecule has 126 valence electrons. The van der Waals surface area contributed by atoms with E-state index in [0.29, 0.717) is 24.2 Å². The van der Waals surface area contributed by atoms with Crippen molar-refractivity contribution in [3.05, 3.63) is 34.9 Å². The van der Waals surface area contributed by atoms with Gasteiger partial charge in [-0.3, -0.25) is 4.79 Å². The van der Waals surface area contributed by atoms with E-state index in [2.05, 4.69) is 32.0 Å². The van der Waals surface area contributed by atoms with Crippen LogP contribution in [0, 0.1) is 18.8 Å². The lowest BCUT2D eigenvalue weighted by molar-refractivity contribution is -0.185. The molecule has 4 atom stereocenters. The molecular weight excluding hydrogens is 284 g/mol. The van der Waals surface area contributed by atoms with Crippen molar-refractivity contribution in [2.45, 2.75) is 77.7 Å². The number of ether oxygens (including phenoxy) is 1. The molecule has 23 heavy (non-hydrogen) atoms. The summed E-state index contributed by atoms with van der Waals surface area (Å²) in [4.78, 5) is 11.7. The van der Waals surface area contributed by atoms with Crippen LogP contribution in [0.2, 0.25) is 0 Å². The fourth-order valence-corrected chi connectivity index (χ4v) is 5.23. The molecule has 1 heterocycles. The number of carbonyl (C=O) groups excluding carboxylic acids is 1. The van der Waals surface area contributed by atoms with Gasteiger partial charge in [0.05, 0.1) is 0 Å². The lowest BCUT2D eigenvalue weighted by Crippen LogP contribution is -2.52. The molecule has 1 saturated heterocycles. The van der Waals surface area contributed by atoms with Gasteiger partial charge in [0, 0.05) is 12.3 Å². The zero-order valence-electron chi connectivity index (χ0n) is 15.0. The van der Waals surface area contributed by atoms with Crippen LogP contribution in [-0.4, -0.2) is 11.6 Å². The Bertz CT molecular complexity index is 592. The maximum atomic E-state index is 11.7. The predicted octanol–water partition coefficient (Wildman–Crippen LogP) is 5.17. The highest BCUT2D eigenvalue weighted by Crippen LogP contribution is 2.55. The minimum atomic E-state index is -0.196. The third kappa shape index (κ3) is 2.81. The molecule has 0 amide bonds. The van der Waals surface area contributed by atoms with Gasteiger partial charge in [-0.15, -0.1) is 0 Å². The largest absolute Gasteiger partial charge is 0.459 e. The normalized spacial score (nSPS) is 35.0. The first-order chi connectivity index (χ1) is 11.1. The molecule has 0 aromatic heterocycles. The van der Waals surface area contributed by atoms with Gasteiger partial charge >= 0.3 is 5.97 Å². The summed E-state index contributed by atoms with van der Waals surface area (Å²) in [5, 5.41) is 0. The molecule has 1 aliphatic heterocycles. The number of rotatable bonds is 0. The van der Waals surface area contributed by atoms with Gasteiger partial charge in [0.15, 0.2) is 0 Å². The number of aryl methyl sites for hydroxylation is 2. The lowest BCUT2D eigenvalue weighted by atomic mass is 9.57. The highest BCUT2D eigenvalue weighted by Gasteiger charge is 2.52. The second kappa shape index (κ2) is 6.30. The first-order valence-electron chi connectivity index (χ1n) is 9.38. The summed E-state index contributed by atoms with van der Waals surface area (Å²) < 4.78 is 5.79. The Kier molecular flexibility index (Phi) is 4.53. The maximum Gasteiger partial charge on any atom is 0.306 e. The topological polar surface area (TPSA) is 26.3 Å². The molecule has 1 aromatic carbocycles. The molecule has 2 nitrogen and oxygen atoms in total. The van der Waals surface area contributed by atoms with Crippen molar-refractivity contribution in [1.29, 1.82) is 0 Å². The van der Waals surface area contributed by atoms with Gasteiger partial charge in [0.25, 0.3) is 0 Å². The number of esters is 1. The molecule has 2 aliphatic carbocycles. The van der Waals surface area contributed by atoms with E-state index in [9.17, 15) is 4.79 Å². The fourth-order valence-electron chi connectivity index (χ4n) is 5.23. The Balaban J connectivity index is 0.000000753. The van der Waals surface area contributed by atoms with Crippen LogP contribution in [0.15, 0.2) is 18.2 Å². The van der Waals surface area contributed by atoms with Crippen molar-refractivity contribution >= 4 is 5.97 Å². The van der Waals surface area contributed by atoms with Crippen molar-refractivity contribution in [3.63, 3.8) is 0 Å². The number of hydrogen-bond donors (Lipinski definition) is 0. The molecule has 3 aliphatic rings. The Morgan fingerprint density at radius 2 is 1.91 bits per heavy atom. The van der Waals surface area contributed by atoms with Crippen molar-refractivity contribution in [3.8, 4) is 0 Å². The van der Waals surface area contributed by atoms with Gasteiger partial charge in [-0.25, -0.2) is 0 Å². The molecular formula is C21H30O2. The Morgan fingerprint density at radius 1 is 1.13 bits per heavy atom. The predicted molar refractivity (Wildman–Crippen MR) is 93.5 cm³/mol. The van der Waals surface area contributed by atoms with Crippen LogP contribution in [0.25, 0.3) is 0 Å². The second-order valence-electron chi connectivity index (χ2n) is 7.48. The molecule has 0 radical (unpaired) electrons. The molecule has 4 rings (SSSR count). The number of hydrogen-bond acceptors (Lipinski definition) is 2. The van der Waals surface area contributed by atoms with Gasteiger partial charge in [-0.1, -0.05) is 37.6 Å². The highest BCUT2D eigenvalue weighted by atomic mass is 16.6. The van der Waals surface area contributed by atoms with E-state index in [1.165, 1.54) is 24.8 Å². The fraction of sp³-hybridized carbons (Fsp3) is 0.667. The number of carbonyl (C=O) groups is 1. The van der Waals surface area contributed by atoms with Crippen LogP contribution in [-0.2, 0) is 16.0 Å².